The number of fused-ring (bicyclic) bond motifs is 1. The van der Waals surface area contributed by atoms with Crippen LogP contribution in [0.2, 0.25) is 0 Å². The second kappa shape index (κ2) is 4.90. The van der Waals surface area contributed by atoms with Crippen molar-refractivity contribution in [1.29, 1.82) is 0 Å². The van der Waals surface area contributed by atoms with Crippen LogP contribution in [0.3, 0.4) is 0 Å². The van der Waals surface area contributed by atoms with E-state index in [0.29, 0.717) is 19.3 Å². The number of aliphatic hydroxyl groups excluding tert-OH is 1. The Morgan fingerprint density at radius 1 is 1.14 bits per heavy atom. The number of rotatable bonds is 1. The Bertz CT molecular complexity index is 952. The second-order valence-electron chi connectivity index (χ2n) is 5.23. The van der Waals surface area contributed by atoms with Crippen molar-refractivity contribution in [2.24, 2.45) is 14.1 Å². The summed E-state index contributed by atoms with van der Waals surface area (Å²) < 4.78 is 2.14. The fourth-order valence-electron chi connectivity index (χ4n) is 2.57. The van der Waals surface area contributed by atoms with Crippen LogP contribution in [0, 0.1) is 0 Å². The van der Waals surface area contributed by atoms with Crippen molar-refractivity contribution in [3.8, 4) is 0 Å². The summed E-state index contributed by atoms with van der Waals surface area (Å²) in [6.45, 7) is 0. The van der Waals surface area contributed by atoms with E-state index in [1.165, 1.54) is 24.9 Å². The molecular weight excluding hydrogens is 288 g/mol. The average molecular weight is 302 g/mol. The molecular formula is C14H14N4O4. The van der Waals surface area contributed by atoms with Crippen molar-refractivity contribution in [3.05, 3.63) is 38.5 Å². The standard InChI is InChI=1S/C14H14N4O4/c1-17-12-11(13(21)18(2)14(17)22)16-7(6-15-12)10-8(19)4-3-5-9(10)20/h6,19H,3-5H2,1-2H3. The van der Waals surface area contributed by atoms with Gasteiger partial charge < -0.3 is 5.11 Å². The molecule has 2 aromatic heterocycles. The Balaban J connectivity index is 2.34. The summed E-state index contributed by atoms with van der Waals surface area (Å²) in [6, 6.07) is 0. The third kappa shape index (κ3) is 1.95. The lowest BCUT2D eigenvalue weighted by atomic mass is 9.94. The van der Waals surface area contributed by atoms with E-state index in [0.717, 1.165) is 4.57 Å². The summed E-state index contributed by atoms with van der Waals surface area (Å²) in [4.78, 5) is 44.3. The summed E-state index contributed by atoms with van der Waals surface area (Å²) in [5.41, 5.74) is -0.700. The number of allylic oxidation sites excluding steroid dienone is 2. The van der Waals surface area contributed by atoms with Crippen LogP contribution in [-0.2, 0) is 18.9 Å². The van der Waals surface area contributed by atoms with Crippen LogP contribution in [-0.4, -0.2) is 30.0 Å². The first-order valence-electron chi connectivity index (χ1n) is 6.80. The molecule has 0 unspecified atom stereocenters. The Morgan fingerprint density at radius 3 is 2.55 bits per heavy atom. The predicted molar refractivity (Wildman–Crippen MR) is 78.4 cm³/mol. The van der Waals surface area contributed by atoms with Crippen LogP contribution in [0.1, 0.15) is 25.0 Å². The van der Waals surface area contributed by atoms with Gasteiger partial charge in [-0.2, -0.15) is 0 Å². The van der Waals surface area contributed by atoms with Crippen molar-refractivity contribution < 1.29 is 9.90 Å². The first kappa shape index (κ1) is 14.2. The van der Waals surface area contributed by atoms with Gasteiger partial charge in [-0.05, 0) is 6.42 Å². The summed E-state index contributed by atoms with van der Waals surface area (Å²) in [5.74, 6) is -0.259. The maximum Gasteiger partial charge on any atom is 0.332 e. The largest absolute Gasteiger partial charge is 0.511 e. The van der Waals surface area contributed by atoms with Gasteiger partial charge in [-0.1, -0.05) is 0 Å². The number of aryl methyl sites for hydroxylation is 1. The van der Waals surface area contributed by atoms with Crippen LogP contribution < -0.4 is 11.2 Å². The SMILES string of the molecule is Cn1c(=O)c2nc(C3=C(O)CCCC3=O)cnc2n(C)c1=O. The van der Waals surface area contributed by atoms with Gasteiger partial charge in [0.25, 0.3) is 5.56 Å². The van der Waals surface area contributed by atoms with Gasteiger partial charge >= 0.3 is 5.69 Å². The monoisotopic (exact) mass is 302 g/mol. The lowest BCUT2D eigenvalue weighted by Crippen LogP contribution is -2.37. The van der Waals surface area contributed by atoms with E-state index < -0.39 is 11.2 Å². The molecule has 1 N–H and O–H groups in total. The van der Waals surface area contributed by atoms with Gasteiger partial charge in [-0.25, -0.2) is 14.8 Å². The Morgan fingerprint density at radius 2 is 1.86 bits per heavy atom. The summed E-state index contributed by atoms with van der Waals surface area (Å²) in [5, 5.41) is 9.94. The predicted octanol–water partition coefficient (Wildman–Crippen LogP) is 0.0493. The van der Waals surface area contributed by atoms with Crippen molar-refractivity contribution in [1.82, 2.24) is 19.1 Å². The molecule has 0 spiro atoms. The van der Waals surface area contributed by atoms with E-state index in [1.54, 1.807) is 0 Å². The quantitative estimate of drug-likeness (QED) is 0.797. The zero-order chi connectivity index (χ0) is 16.0. The molecule has 0 fully saturated rings. The Kier molecular flexibility index (Phi) is 3.16. The average Bonchev–Trinajstić information content (AvgIpc) is 2.50. The highest BCUT2D eigenvalue weighted by Gasteiger charge is 2.24. The number of ketones is 1. The number of hydrogen-bond acceptors (Lipinski definition) is 6. The molecule has 0 atom stereocenters. The van der Waals surface area contributed by atoms with E-state index >= 15 is 0 Å². The number of nitrogens with zero attached hydrogens (tertiary/aromatic N) is 4. The highest BCUT2D eigenvalue weighted by atomic mass is 16.3. The zero-order valence-electron chi connectivity index (χ0n) is 12.2. The van der Waals surface area contributed by atoms with Gasteiger partial charge in [0, 0.05) is 26.9 Å². The van der Waals surface area contributed by atoms with E-state index in [-0.39, 0.29) is 34.0 Å². The first-order valence-corrected chi connectivity index (χ1v) is 6.80. The Labute approximate surface area is 124 Å². The van der Waals surface area contributed by atoms with Gasteiger partial charge in [0.1, 0.15) is 5.76 Å². The fraction of sp³-hybridized carbons (Fsp3) is 0.357. The van der Waals surface area contributed by atoms with E-state index in [2.05, 4.69) is 9.97 Å². The van der Waals surface area contributed by atoms with Crippen molar-refractivity contribution in [2.45, 2.75) is 19.3 Å². The van der Waals surface area contributed by atoms with E-state index in [9.17, 15) is 19.5 Å². The van der Waals surface area contributed by atoms with E-state index in [1.807, 2.05) is 0 Å². The number of Topliss-reactive ketones (excluding diaryl/α,β-unsaturated/α-hetero) is 1. The Hall–Kier alpha value is -2.77. The molecule has 0 saturated heterocycles. The van der Waals surface area contributed by atoms with Crippen molar-refractivity contribution in [2.75, 3.05) is 0 Å². The highest BCUT2D eigenvalue weighted by Crippen LogP contribution is 2.27. The van der Waals surface area contributed by atoms with Crippen LogP contribution in [0.4, 0.5) is 0 Å². The molecule has 8 nitrogen and oxygen atoms in total. The van der Waals surface area contributed by atoms with Crippen molar-refractivity contribution >= 4 is 22.5 Å². The van der Waals surface area contributed by atoms with Gasteiger partial charge in [-0.3, -0.25) is 18.7 Å². The van der Waals surface area contributed by atoms with Crippen LogP contribution in [0.25, 0.3) is 16.7 Å². The number of carbonyl (C=O) groups excluding carboxylic acids is 1. The molecule has 114 valence electrons. The smallest absolute Gasteiger partial charge is 0.332 e. The highest BCUT2D eigenvalue weighted by molar-refractivity contribution is 6.21. The number of aliphatic hydroxyl groups is 1. The van der Waals surface area contributed by atoms with Crippen molar-refractivity contribution in [3.63, 3.8) is 0 Å². The van der Waals surface area contributed by atoms with Gasteiger partial charge in [0.15, 0.2) is 16.9 Å². The van der Waals surface area contributed by atoms with Crippen LogP contribution >= 0.6 is 0 Å². The summed E-state index contributed by atoms with van der Waals surface area (Å²) in [7, 11) is 2.84. The normalized spacial score (nSPS) is 15.6. The summed E-state index contributed by atoms with van der Waals surface area (Å²) in [6.07, 6.45) is 2.61. The zero-order valence-corrected chi connectivity index (χ0v) is 12.2. The van der Waals surface area contributed by atoms with Crippen LogP contribution in [0.5, 0.6) is 0 Å². The first-order chi connectivity index (χ1) is 10.4. The number of carbonyl (C=O) groups is 1. The molecule has 0 bridgehead atoms. The topological polar surface area (TPSA) is 107 Å². The molecule has 0 aliphatic heterocycles. The maximum absolute atomic E-state index is 12.2. The molecule has 0 amide bonds. The second-order valence-corrected chi connectivity index (χ2v) is 5.23. The van der Waals surface area contributed by atoms with Crippen LogP contribution in [0.15, 0.2) is 21.5 Å². The van der Waals surface area contributed by atoms with Gasteiger partial charge in [0.2, 0.25) is 0 Å². The van der Waals surface area contributed by atoms with Gasteiger partial charge in [-0.15, -0.1) is 0 Å². The molecule has 3 rings (SSSR count). The third-order valence-electron chi connectivity index (χ3n) is 3.79. The molecule has 2 heterocycles. The molecule has 0 aromatic carbocycles. The van der Waals surface area contributed by atoms with E-state index in [4.69, 9.17) is 0 Å². The fourth-order valence-corrected chi connectivity index (χ4v) is 2.57. The lowest BCUT2D eigenvalue weighted by molar-refractivity contribution is -0.114. The molecule has 1 aliphatic carbocycles. The van der Waals surface area contributed by atoms with Gasteiger partial charge in [0.05, 0.1) is 17.5 Å². The molecule has 0 radical (unpaired) electrons. The minimum absolute atomic E-state index is 0.0132. The molecule has 22 heavy (non-hydrogen) atoms. The number of hydrogen-bond donors (Lipinski definition) is 1. The maximum atomic E-state index is 12.2. The minimum Gasteiger partial charge on any atom is -0.511 e. The lowest BCUT2D eigenvalue weighted by Gasteiger charge is -2.15. The number of aromatic nitrogens is 4. The molecule has 2 aromatic rings. The molecule has 0 saturated carbocycles. The molecule has 1 aliphatic rings. The molecule has 8 heteroatoms. The third-order valence-corrected chi connectivity index (χ3v) is 3.79. The summed E-state index contributed by atoms with van der Waals surface area (Å²) >= 11 is 0. The minimum atomic E-state index is -0.587.